The Kier molecular flexibility index (Phi) is 8.41. The molecule has 0 fully saturated rings. The normalized spacial score (nSPS) is 11.1. The van der Waals surface area contributed by atoms with Crippen LogP contribution >= 0.6 is 0 Å². The summed E-state index contributed by atoms with van der Waals surface area (Å²) in [5.74, 6) is -0.506. The molecule has 0 bridgehead atoms. The van der Waals surface area contributed by atoms with Gasteiger partial charge in [0.15, 0.2) is 6.61 Å². The fraction of sp³-hybridized carbons (Fsp3) is 0.125. The Balaban J connectivity index is 1.75. The predicted molar refractivity (Wildman–Crippen MR) is 131 cm³/mol. The van der Waals surface area contributed by atoms with E-state index in [0.717, 1.165) is 4.31 Å². The van der Waals surface area contributed by atoms with Crippen LogP contribution in [-0.4, -0.2) is 46.7 Å². The molecular weight excluding hydrogens is 472 g/mol. The van der Waals surface area contributed by atoms with Crippen LogP contribution in [0, 0.1) is 0 Å². The summed E-state index contributed by atoms with van der Waals surface area (Å²) in [5.41, 5.74) is 8.22. The molecule has 0 spiro atoms. The Morgan fingerprint density at radius 2 is 1.66 bits per heavy atom. The average molecular weight is 497 g/mol. The summed E-state index contributed by atoms with van der Waals surface area (Å²) in [5, 5.41) is 3.90. The molecule has 2 amide bonds. The SMILES string of the molecule is COc1ccccc1N(CC(=O)N/N=C\c1ccc(OCC(N)=O)cc1)S(=O)(=O)c1ccccc1. The molecule has 3 N–H and O–H groups in total. The number of methoxy groups -OCH3 is 1. The number of hydrazone groups is 1. The van der Waals surface area contributed by atoms with Gasteiger partial charge in [-0.15, -0.1) is 0 Å². The van der Waals surface area contributed by atoms with Crippen molar-refractivity contribution < 1.29 is 27.5 Å². The molecule has 11 heteroatoms. The van der Waals surface area contributed by atoms with Crippen molar-refractivity contribution in [2.75, 3.05) is 24.6 Å². The standard InChI is InChI=1S/C24H24N4O6S/c1-33-22-10-6-5-9-21(22)28(35(31,32)20-7-3-2-4-8-20)16-24(30)27-26-15-18-11-13-19(14-12-18)34-17-23(25)29/h2-15H,16-17H2,1H3,(H2,25,29)(H,27,30)/b26-15-. The van der Waals surface area contributed by atoms with Crippen molar-refractivity contribution in [3.63, 3.8) is 0 Å². The van der Waals surface area contributed by atoms with Gasteiger partial charge in [-0.25, -0.2) is 13.8 Å². The van der Waals surface area contributed by atoms with E-state index >= 15 is 0 Å². The van der Waals surface area contributed by atoms with E-state index in [1.807, 2.05) is 0 Å². The van der Waals surface area contributed by atoms with Crippen molar-refractivity contribution in [2.45, 2.75) is 4.90 Å². The lowest BCUT2D eigenvalue weighted by Crippen LogP contribution is -2.39. The third-order valence-electron chi connectivity index (χ3n) is 4.64. The molecule has 0 saturated heterocycles. The number of carbonyl (C=O) groups excluding carboxylic acids is 2. The molecule has 182 valence electrons. The molecule has 3 rings (SSSR count). The largest absolute Gasteiger partial charge is 0.495 e. The van der Waals surface area contributed by atoms with Crippen LogP contribution in [0.4, 0.5) is 5.69 Å². The van der Waals surface area contributed by atoms with E-state index in [-0.39, 0.29) is 17.2 Å². The third-order valence-corrected chi connectivity index (χ3v) is 6.41. The highest BCUT2D eigenvalue weighted by Gasteiger charge is 2.29. The third kappa shape index (κ3) is 6.81. The number of ether oxygens (including phenoxy) is 2. The van der Waals surface area contributed by atoms with Gasteiger partial charge >= 0.3 is 0 Å². The van der Waals surface area contributed by atoms with Crippen LogP contribution in [0.1, 0.15) is 5.56 Å². The van der Waals surface area contributed by atoms with E-state index in [2.05, 4.69) is 10.5 Å². The van der Waals surface area contributed by atoms with Crippen LogP contribution in [-0.2, 0) is 19.6 Å². The highest BCUT2D eigenvalue weighted by molar-refractivity contribution is 7.92. The zero-order chi connectivity index (χ0) is 25.3. The minimum atomic E-state index is -4.08. The topological polar surface area (TPSA) is 140 Å². The summed E-state index contributed by atoms with van der Waals surface area (Å²) < 4.78 is 38.2. The molecule has 0 aliphatic rings. The number of hydrogen-bond donors (Lipinski definition) is 2. The number of nitrogens with two attached hydrogens (primary N) is 1. The molecule has 35 heavy (non-hydrogen) atoms. The van der Waals surface area contributed by atoms with Crippen molar-refractivity contribution in [1.82, 2.24) is 5.43 Å². The first-order chi connectivity index (χ1) is 16.8. The van der Waals surface area contributed by atoms with E-state index in [1.165, 1.54) is 25.5 Å². The van der Waals surface area contributed by atoms with Crippen molar-refractivity contribution in [1.29, 1.82) is 0 Å². The van der Waals surface area contributed by atoms with Gasteiger partial charge in [0, 0.05) is 0 Å². The fourth-order valence-corrected chi connectivity index (χ4v) is 4.46. The number of benzene rings is 3. The zero-order valence-electron chi connectivity index (χ0n) is 18.8. The van der Waals surface area contributed by atoms with Crippen LogP contribution < -0.4 is 24.9 Å². The molecule has 0 unspecified atom stereocenters. The Morgan fingerprint density at radius 3 is 2.31 bits per heavy atom. The number of rotatable bonds is 11. The van der Waals surface area contributed by atoms with Crippen LogP contribution in [0.25, 0.3) is 0 Å². The van der Waals surface area contributed by atoms with Crippen molar-refractivity contribution in [2.24, 2.45) is 10.8 Å². The van der Waals surface area contributed by atoms with E-state index in [1.54, 1.807) is 66.7 Å². The van der Waals surface area contributed by atoms with Gasteiger partial charge in [-0.3, -0.25) is 13.9 Å². The van der Waals surface area contributed by atoms with Gasteiger partial charge in [0.2, 0.25) is 0 Å². The lowest BCUT2D eigenvalue weighted by Gasteiger charge is -2.25. The number of anilines is 1. The number of carbonyl (C=O) groups is 2. The highest BCUT2D eigenvalue weighted by atomic mass is 32.2. The minimum Gasteiger partial charge on any atom is -0.495 e. The fourth-order valence-electron chi connectivity index (χ4n) is 3.00. The first-order valence-electron chi connectivity index (χ1n) is 10.3. The molecule has 10 nitrogen and oxygen atoms in total. The number of sulfonamides is 1. The quantitative estimate of drug-likeness (QED) is 0.307. The summed E-state index contributed by atoms with van der Waals surface area (Å²) in [6.07, 6.45) is 1.38. The van der Waals surface area contributed by atoms with Crippen LogP contribution in [0.2, 0.25) is 0 Å². The molecule has 0 aromatic heterocycles. The summed E-state index contributed by atoms with van der Waals surface area (Å²) >= 11 is 0. The maximum atomic E-state index is 13.4. The summed E-state index contributed by atoms with van der Waals surface area (Å²) in [6.45, 7) is -0.771. The smallest absolute Gasteiger partial charge is 0.264 e. The number of para-hydroxylation sites is 2. The van der Waals surface area contributed by atoms with Gasteiger partial charge in [-0.05, 0) is 54.1 Å². The van der Waals surface area contributed by atoms with Gasteiger partial charge in [0.05, 0.1) is 23.9 Å². The number of nitrogens with one attached hydrogen (secondary N) is 1. The molecule has 0 saturated carbocycles. The molecule has 0 aliphatic heterocycles. The zero-order valence-corrected chi connectivity index (χ0v) is 19.6. The van der Waals surface area contributed by atoms with Gasteiger partial charge in [-0.1, -0.05) is 30.3 Å². The molecule has 3 aromatic carbocycles. The number of primary amides is 1. The van der Waals surface area contributed by atoms with Crippen LogP contribution in [0.5, 0.6) is 11.5 Å². The summed E-state index contributed by atoms with van der Waals surface area (Å²) in [7, 11) is -2.66. The second kappa shape index (κ2) is 11.7. The summed E-state index contributed by atoms with van der Waals surface area (Å²) in [4.78, 5) is 23.5. The second-order valence-electron chi connectivity index (χ2n) is 7.11. The van der Waals surface area contributed by atoms with Crippen molar-refractivity contribution >= 4 is 33.7 Å². The van der Waals surface area contributed by atoms with Gasteiger partial charge in [-0.2, -0.15) is 5.10 Å². The average Bonchev–Trinajstić information content (AvgIpc) is 2.87. The number of nitrogens with zero attached hydrogens (tertiary/aromatic N) is 2. The second-order valence-corrected chi connectivity index (χ2v) is 8.98. The van der Waals surface area contributed by atoms with Gasteiger partial charge in [0.25, 0.3) is 21.8 Å². The maximum absolute atomic E-state index is 13.4. The molecule has 0 radical (unpaired) electrons. The molecule has 0 aliphatic carbocycles. The first-order valence-corrected chi connectivity index (χ1v) is 11.8. The molecular formula is C24H24N4O6S. The van der Waals surface area contributed by atoms with E-state index in [0.29, 0.717) is 17.1 Å². The Labute approximate surface area is 203 Å². The van der Waals surface area contributed by atoms with Crippen molar-refractivity contribution in [3.05, 3.63) is 84.4 Å². The predicted octanol–water partition coefficient (Wildman–Crippen LogP) is 1.90. The highest BCUT2D eigenvalue weighted by Crippen LogP contribution is 2.32. The van der Waals surface area contributed by atoms with E-state index < -0.39 is 28.4 Å². The van der Waals surface area contributed by atoms with Crippen molar-refractivity contribution in [3.8, 4) is 11.5 Å². The Hall–Kier alpha value is -4.38. The minimum absolute atomic E-state index is 0.0286. The molecule has 0 heterocycles. The van der Waals surface area contributed by atoms with Gasteiger partial charge < -0.3 is 15.2 Å². The van der Waals surface area contributed by atoms with E-state index in [4.69, 9.17) is 15.2 Å². The summed E-state index contributed by atoms with van der Waals surface area (Å²) in [6, 6.07) is 20.9. The van der Waals surface area contributed by atoms with Gasteiger partial charge in [0.1, 0.15) is 18.0 Å². The molecule has 3 aromatic rings. The number of amides is 2. The van der Waals surface area contributed by atoms with Crippen LogP contribution in [0.3, 0.4) is 0 Å². The lowest BCUT2D eigenvalue weighted by atomic mass is 10.2. The molecule has 0 atom stereocenters. The lowest BCUT2D eigenvalue weighted by molar-refractivity contribution is -0.120. The Morgan fingerprint density at radius 1 is 1.00 bits per heavy atom. The maximum Gasteiger partial charge on any atom is 0.264 e. The van der Waals surface area contributed by atoms with E-state index in [9.17, 15) is 18.0 Å². The first kappa shape index (κ1) is 25.2. The number of hydrogen-bond acceptors (Lipinski definition) is 7. The monoisotopic (exact) mass is 496 g/mol. The Bertz CT molecular complexity index is 1300. The van der Waals surface area contributed by atoms with Crippen LogP contribution in [0.15, 0.2) is 88.9 Å².